The smallest absolute Gasteiger partial charge is 0.166 e. The van der Waals surface area contributed by atoms with Gasteiger partial charge in [0.05, 0.1) is 5.56 Å². The standard InChI is InChI=1S/C80H115N9/c1-5-9-13-17-21-25-29-33-37-41-50-60-61(51-42-38-34-30-26-22-18-14-10-6-2)63(53-44-40-36-32-28-24-20-16-12-8-4)72-71(62(60)52-43-39-35-31-27-23-19-15-11-7-3)79-86-76-67-57-48-47-56-66(67)74(84-76)82-73-64-54-45-46-55-65(64)75(83-73)85-77-68-58-49-59-69(81)70(68)78(87-77)88-80(72)89-79/h45-49,54-59H,5-44,50-53,81H2,1-4H3,(H2,82,83,84,85,86,87,88,89). The van der Waals surface area contributed by atoms with Crippen molar-refractivity contribution in [1.29, 1.82) is 0 Å². The van der Waals surface area contributed by atoms with Crippen molar-refractivity contribution in [3.63, 3.8) is 0 Å². The van der Waals surface area contributed by atoms with Gasteiger partial charge in [-0.2, -0.15) is 0 Å². The zero-order valence-corrected chi connectivity index (χ0v) is 56.2. The summed E-state index contributed by atoms with van der Waals surface area (Å²) in [6, 6.07) is 23.0. The molecule has 0 saturated carbocycles. The average molecular weight is 1200 g/mol. The number of anilines is 1. The molecule has 9 rings (SSSR count). The molecule has 8 bridgehead atoms. The summed E-state index contributed by atoms with van der Waals surface area (Å²) in [6.07, 6.45) is 57.2. The molecule has 89 heavy (non-hydrogen) atoms. The van der Waals surface area contributed by atoms with Gasteiger partial charge in [-0.05, 0) is 79.7 Å². The maximum atomic E-state index is 7.09. The number of aromatic nitrogens is 8. The number of nitrogen functional groups attached to an aromatic ring is 1. The highest BCUT2D eigenvalue weighted by molar-refractivity contribution is 6.10. The minimum absolute atomic E-state index is 0.587. The first kappa shape index (κ1) is 67.4. The third kappa shape index (κ3) is 19.1. The summed E-state index contributed by atoms with van der Waals surface area (Å²) in [6.45, 7) is 9.29. The number of aryl methyl sites for hydroxylation is 2. The van der Waals surface area contributed by atoms with Gasteiger partial charge in [-0.3, -0.25) is 0 Å². The molecule has 2 aliphatic heterocycles. The number of nitrogens with zero attached hydrogens (tertiary/aromatic N) is 6. The van der Waals surface area contributed by atoms with Gasteiger partial charge in [-0.15, -0.1) is 0 Å². The van der Waals surface area contributed by atoms with Crippen molar-refractivity contribution in [3.8, 4) is 45.6 Å². The van der Waals surface area contributed by atoms with Crippen LogP contribution in [0.5, 0.6) is 0 Å². The molecule has 9 nitrogen and oxygen atoms in total. The van der Waals surface area contributed by atoms with E-state index in [-0.39, 0.29) is 0 Å². The van der Waals surface area contributed by atoms with Crippen LogP contribution in [0.1, 0.15) is 307 Å². The van der Waals surface area contributed by atoms with Crippen LogP contribution < -0.4 is 5.73 Å². The molecule has 3 aromatic heterocycles. The summed E-state index contributed by atoms with van der Waals surface area (Å²) in [5, 5.41) is 4.42. The Bertz CT molecular complexity index is 3420. The molecule has 9 heteroatoms. The van der Waals surface area contributed by atoms with Crippen molar-refractivity contribution >= 4 is 49.8 Å². The van der Waals surface area contributed by atoms with Gasteiger partial charge in [-0.25, -0.2) is 29.9 Å². The van der Waals surface area contributed by atoms with Crippen LogP contribution in [0.25, 0.3) is 89.7 Å². The van der Waals surface area contributed by atoms with Crippen LogP contribution in [0.3, 0.4) is 0 Å². The first-order valence-electron chi connectivity index (χ1n) is 37.1. The quantitative estimate of drug-likeness (QED) is 0.0256. The molecule has 0 fully saturated rings. The summed E-state index contributed by atoms with van der Waals surface area (Å²) in [7, 11) is 0. The number of H-pyrrole nitrogens is 2. The summed E-state index contributed by atoms with van der Waals surface area (Å²) >= 11 is 0. The fourth-order valence-corrected chi connectivity index (χ4v) is 14.6. The second kappa shape index (κ2) is 37.4. The monoisotopic (exact) mass is 1200 g/mol. The van der Waals surface area contributed by atoms with Crippen molar-refractivity contribution in [2.75, 3.05) is 5.73 Å². The molecular formula is C80H115N9. The van der Waals surface area contributed by atoms with Crippen LogP contribution in [-0.2, 0) is 25.7 Å². The fourth-order valence-electron chi connectivity index (χ4n) is 14.6. The van der Waals surface area contributed by atoms with Gasteiger partial charge in [0.1, 0.15) is 22.6 Å². The number of benzene rings is 4. The van der Waals surface area contributed by atoms with Gasteiger partial charge in [-0.1, -0.05) is 320 Å². The van der Waals surface area contributed by atoms with Crippen molar-refractivity contribution in [1.82, 2.24) is 39.9 Å². The number of aromatic amines is 2. The number of hydrogen-bond acceptors (Lipinski definition) is 7. The lowest BCUT2D eigenvalue weighted by Crippen LogP contribution is -2.08. The molecule has 4 N–H and O–H groups in total. The van der Waals surface area contributed by atoms with Crippen LogP contribution in [-0.4, -0.2) is 39.9 Å². The Hall–Kier alpha value is -5.96. The molecular weight excluding hydrogens is 1090 g/mol. The minimum atomic E-state index is 0.587. The Morgan fingerprint density at radius 3 is 0.933 bits per heavy atom. The SMILES string of the molecule is CCCCCCCCCCCCc1c(CCCCCCCCCCCC)c(CCCCCCCCCCCC)c2c3nc4nc(nc5[nH]c(nc6nc(nc([nH]3)c2c1CCCCCCCCCCCC)-c1ccccc1-6)c1ccccc51)-c1cccc(N)c1-4. The number of unbranched alkanes of at least 4 members (excludes halogenated alkanes) is 36. The highest BCUT2D eigenvalue weighted by Gasteiger charge is 2.28. The molecule has 0 saturated heterocycles. The maximum absolute atomic E-state index is 7.09. The number of nitrogens with one attached hydrogen (secondary N) is 2. The molecule has 4 aromatic carbocycles. The third-order valence-electron chi connectivity index (χ3n) is 19.7. The van der Waals surface area contributed by atoms with E-state index in [0.29, 0.717) is 40.3 Å². The van der Waals surface area contributed by atoms with E-state index in [0.717, 1.165) is 82.8 Å². The molecule has 0 radical (unpaired) electrons. The summed E-state index contributed by atoms with van der Waals surface area (Å²) in [5.74, 6) is 2.50. The van der Waals surface area contributed by atoms with Gasteiger partial charge < -0.3 is 15.7 Å². The summed E-state index contributed by atoms with van der Waals surface area (Å²) < 4.78 is 0. The van der Waals surface area contributed by atoms with Crippen molar-refractivity contribution in [2.45, 2.75) is 310 Å². The molecule has 480 valence electrons. The van der Waals surface area contributed by atoms with Gasteiger partial charge >= 0.3 is 0 Å². The van der Waals surface area contributed by atoms with Crippen LogP contribution in [0.15, 0.2) is 66.7 Å². The number of hydrogen-bond donors (Lipinski definition) is 3. The molecule has 5 heterocycles. The molecule has 2 aliphatic rings. The van der Waals surface area contributed by atoms with Crippen molar-refractivity contribution in [2.24, 2.45) is 0 Å². The first-order chi connectivity index (χ1) is 44.0. The van der Waals surface area contributed by atoms with Gasteiger partial charge in [0.2, 0.25) is 0 Å². The van der Waals surface area contributed by atoms with E-state index in [1.165, 1.54) is 266 Å². The number of nitrogens with two attached hydrogens (primary N) is 1. The lowest BCUT2D eigenvalue weighted by atomic mass is 9.82. The molecule has 0 amide bonds. The van der Waals surface area contributed by atoms with E-state index < -0.39 is 0 Å². The van der Waals surface area contributed by atoms with Crippen LogP contribution in [0.4, 0.5) is 5.69 Å². The predicted molar refractivity (Wildman–Crippen MR) is 383 cm³/mol. The van der Waals surface area contributed by atoms with Crippen LogP contribution in [0, 0.1) is 0 Å². The lowest BCUT2D eigenvalue weighted by Gasteiger charge is -2.22. The van der Waals surface area contributed by atoms with E-state index >= 15 is 0 Å². The van der Waals surface area contributed by atoms with Gasteiger partial charge in [0.25, 0.3) is 0 Å². The van der Waals surface area contributed by atoms with E-state index in [9.17, 15) is 0 Å². The van der Waals surface area contributed by atoms with Crippen molar-refractivity contribution < 1.29 is 0 Å². The second-order valence-electron chi connectivity index (χ2n) is 26.9. The second-order valence-corrected chi connectivity index (χ2v) is 26.9. The Morgan fingerprint density at radius 2 is 0.551 bits per heavy atom. The zero-order chi connectivity index (χ0) is 61.7. The number of fused-ring (bicyclic) bond motifs is 20. The molecule has 0 atom stereocenters. The predicted octanol–water partition coefficient (Wildman–Crippen LogP) is 24.3. The minimum Gasteiger partial charge on any atom is -0.398 e. The summed E-state index contributed by atoms with van der Waals surface area (Å²) in [5.41, 5.74) is 20.7. The zero-order valence-electron chi connectivity index (χ0n) is 56.2. The van der Waals surface area contributed by atoms with E-state index in [1.807, 2.05) is 12.1 Å². The fraction of sp³-hybridized carbons (Fsp3) is 0.600. The molecule has 0 unspecified atom stereocenters. The molecule has 0 aliphatic carbocycles. The maximum Gasteiger partial charge on any atom is 0.166 e. The normalized spacial score (nSPS) is 12.0. The topological polar surface area (TPSA) is 135 Å². The number of rotatable bonds is 44. The van der Waals surface area contributed by atoms with Gasteiger partial charge in [0, 0.05) is 43.9 Å². The van der Waals surface area contributed by atoms with Gasteiger partial charge in [0.15, 0.2) is 23.3 Å². The lowest BCUT2D eigenvalue weighted by molar-refractivity contribution is 0.549. The highest BCUT2D eigenvalue weighted by atomic mass is 15.1. The molecule has 7 aromatic rings. The third-order valence-corrected chi connectivity index (χ3v) is 19.7. The Labute approximate surface area is 537 Å². The Morgan fingerprint density at radius 1 is 0.270 bits per heavy atom. The Kier molecular flexibility index (Phi) is 28.3. The molecule has 0 spiro atoms. The Balaban J connectivity index is 1.23. The van der Waals surface area contributed by atoms with E-state index in [4.69, 9.17) is 35.6 Å². The van der Waals surface area contributed by atoms with Crippen LogP contribution >= 0.6 is 0 Å². The van der Waals surface area contributed by atoms with E-state index in [1.54, 1.807) is 11.1 Å². The highest BCUT2D eigenvalue weighted by Crippen LogP contribution is 2.43. The van der Waals surface area contributed by atoms with Crippen LogP contribution in [0.2, 0.25) is 0 Å². The van der Waals surface area contributed by atoms with E-state index in [2.05, 4.69) is 92.3 Å². The largest absolute Gasteiger partial charge is 0.398 e. The summed E-state index contributed by atoms with van der Waals surface area (Å²) in [4.78, 5) is 40.9. The van der Waals surface area contributed by atoms with Crippen molar-refractivity contribution in [3.05, 3.63) is 89.0 Å². The first-order valence-corrected chi connectivity index (χ1v) is 37.1. The average Bonchev–Trinajstić information content (AvgIpc) is 1.72.